The summed E-state index contributed by atoms with van der Waals surface area (Å²) in [7, 11) is 2.24. The van der Waals surface area contributed by atoms with Gasteiger partial charge < -0.3 is 4.90 Å². The molecule has 0 aromatic heterocycles. The molecule has 0 heterocycles. The molecule has 0 aliphatic heterocycles. The maximum Gasteiger partial charge on any atom is 0.0369 e. The second-order valence-electron chi connectivity index (χ2n) is 6.40. The van der Waals surface area contributed by atoms with Crippen LogP contribution < -0.4 is 4.90 Å². The Morgan fingerprint density at radius 1 is 1.05 bits per heavy atom. The molecule has 2 rings (SSSR count). The van der Waals surface area contributed by atoms with Crippen LogP contribution in [0.3, 0.4) is 0 Å². The average molecular weight is 324 g/mol. The van der Waals surface area contributed by atoms with E-state index in [4.69, 9.17) is 0 Å². The van der Waals surface area contributed by atoms with E-state index in [0.29, 0.717) is 5.41 Å². The Kier molecular flexibility index (Phi) is 4.94. The van der Waals surface area contributed by atoms with Gasteiger partial charge in [0.25, 0.3) is 0 Å². The molecule has 0 amide bonds. The van der Waals surface area contributed by atoms with Crippen molar-refractivity contribution in [2.45, 2.75) is 46.0 Å². The lowest BCUT2D eigenvalue weighted by molar-refractivity contribution is 0.232. The van der Waals surface area contributed by atoms with Gasteiger partial charge in [0, 0.05) is 24.6 Å². The van der Waals surface area contributed by atoms with Gasteiger partial charge in [-0.15, -0.1) is 0 Å². The fraction of sp³-hybridized carbons (Fsp3) is 0.647. The lowest BCUT2D eigenvalue weighted by Crippen LogP contribution is -2.38. The van der Waals surface area contributed by atoms with Crippen LogP contribution in [0.4, 0.5) is 5.69 Å². The Hall–Kier alpha value is -0.500. The summed E-state index contributed by atoms with van der Waals surface area (Å²) in [5, 5.41) is 1.13. The molecule has 0 spiro atoms. The lowest BCUT2D eigenvalue weighted by Gasteiger charge is -2.39. The first-order valence-corrected chi connectivity index (χ1v) is 8.52. The van der Waals surface area contributed by atoms with Gasteiger partial charge in [0.15, 0.2) is 0 Å². The zero-order valence-electron chi connectivity index (χ0n) is 12.5. The van der Waals surface area contributed by atoms with Crippen LogP contribution in [-0.2, 0) is 0 Å². The molecule has 1 aromatic carbocycles. The second kappa shape index (κ2) is 6.30. The number of benzene rings is 1. The predicted molar refractivity (Wildman–Crippen MR) is 88.5 cm³/mol. The minimum Gasteiger partial charge on any atom is -0.374 e. The fourth-order valence-corrected chi connectivity index (χ4v) is 4.14. The normalized spacial score (nSPS) is 18.3. The van der Waals surface area contributed by atoms with Gasteiger partial charge >= 0.3 is 0 Å². The number of hydrogen-bond acceptors (Lipinski definition) is 1. The first-order valence-electron chi connectivity index (χ1n) is 7.40. The van der Waals surface area contributed by atoms with Gasteiger partial charge in [0.05, 0.1) is 0 Å². The van der Waals surface area contributed by atoms with Crippen LogP contribution in [0.1, 0.15) is 43.2 Å². The van der Waals surface area contributed by atoms with Crippen molar-refractivity contribution in [3.63, 3.8) is 0 Å². The molecule has 1 saturated carbocycles. The molecule has 19 heavy (non-hydrogen) atoms. The van der Waals surface area contributed by atoms with Crippen molar-refractivity contribution in [1.82, 2.24) is 0 Å². The van der Waals surface area contributed by atoms with Crippen molar-refractivity contribution in [2.75, 3.05) is 23.8 Å². The molecule has 0 radical (unpaired) electrons. The number of nitrogens with zero attached hydrogens (tertiary/aromatic N) is 1. The van der Waals surface area contributed by atoms with E-state index >= 15 is 0 Å². The number of rotatable bonds is 4. The zero-order valence-corrected chi connectivity index (χ0v) is 14.1. The van der Waals surface area contributed by atoms with Crippen molar-refractivity contribution in [3.05, 3.63) is 29.3 Å². The highest BCUT2D eigenvalue weighted by atomic mass is 79.9. The van der Waals surface area contributed by atoms with Gasteiger partial charge in [-0.3, -0.25) is 0 Å². The van der Waals surface area contributed by atoms with Crippen LogP contribution in [0.2, 0.25) is 0 Å². The molecular weight excluding hydrogens is 298 g/mol. The van der Waals surface area contributed by atoms with Gasteiger partial charge in [-0.1, -0.05) is 41.3 Å². The number of hydrogen-bond donors (Lipinski definition) is 0. The summed E-state index contributed by atoms with van der Waals surface area (Å²) >= 11 is 3.77. The zero-order chi connectivity index (χ0) is 13.9. The topological polar surface area (TPSA) is 3.24 Å². The van der Waals surface area contributed by atoms with Crippen molar-refractivity contribution >= 4 is 21.6 Å². The van der Waals surface area contributed by atoms with Crippen LogP contribution in [0.15, 0.2) is 18.2 Å². The molecule has 0 saturated heterocycles. The summed E-state index contributed by atoms with van der Waals surface area (Å²) in [5.74, 6) is 0. The van der Waals surface area contributed by atoms with E-state index < -0.39 is 0 Å². The molecule has 0 bridgehead atoms. The molecule has 1 aromatic rings. The highest BCUT2D eigenvalue weighted by Crippen LogP contribution is 2.39. The highest BCUT2D eigenvalue weighted by molar-refractivity contribution is 9.09. The van der Waals surface area contributed by atoms with E-state index in [1.165, 1.54) is 55.5 Å². The standard InChI is InChI=1S/C17H26BrN/c1-14-9-15(2)11-16(10-14)19(3)13-17(12-18)7-5-4-6-8-17/h9-11H,4-8,12-13H2,1-3H3. The maximum absolute atomic E-state index is 3.77. The summed E-state index contributed by atoms with van der Waals surface area (Å²) in [6.07, 6.45) is 6.95. The minimum atomic E-state index is 0.477. The average Bonchev–Trinajstić information content (AvgIpc) is 2.38. The third kappa shape index (κ3) is 3.75. The molecule has 0 atom stereocenters. The van der Waals surface area contributed by atoms with E-state index in [0.717, 1.165) is 5.33 Å². The first kappa shape index (κ1) is 14.9. The quantitative estimate of drug-likeness (QED) is 0.698. The van der Waals surface area contributed by atoms with E-state index in [-0.39, 0.29) is 0 Å². The number of alkyl halides is 1. The molecule has 1 aliphatic rings. The Bertz CT molecular complexity index is 401. The summed E-state index contributed by atoms with van der Waals surface area (Å²) in [6.45, 7) is 5.54. The SMILES string of the molecule is Cc1cc(C)cc(N(C)CC2(CBr)CCCCC2)c1. The molecule has 0 N–H and O–H groups in total. The van der Waals surface area contributed by atoms with Gasteiger partial charge in [0.2, 0.25) is 0 Å². The summed E-state index contributed by atoms with van der Waals surface area (Å²) in [4.78, 5) is 2.45. The van der Waals surface area contributed by atoms with Gasteiger partial charge in [-0.25, -0.2) is 0 Å². The van der Waals surface area contributed by atoms with Crippen molar-refractivity contribution < 1.29 is 0 Å². The number of halogens is 1. The van der Waals surface area contributed by atoms with Gasteiger partial charge in [-0.2, -0.15) is 0 Å². The van der Waals surface area contributed by atoms with E-state index in [9.17, 15) is 0 Å². The van der Waals surface area contributed by atoms with Crippen LogP contribution in [0.25, 0.3) is 0 Å². The van der Waals surface area contributed by atoms with Crippen molar-refractivity contribution in [3.8, 4) is 0 Å². The molecular formula is C17H26BrN. The molecule has 1 aliphatic carbocycles. The minimum absolute atomic E-state index is 0.477. The highest BCUT2D eigenvalue weighted by Gasteiger charge is 2.32. The molecule has 106 valence electrons. The smallest absolute Gasteiger partial charge is 0.0369 e. The summed E-state index contributed by atoms with van der Waals surface area (Å²) in [6, 6.07) is 6.85. The molecule has 1 nitrogen and oxygen atoms in total. The monoisotopic (exact) mass is 323 g/mol. The first-order chi connectivity index (χ1) is 9.04. The predicted octanol–water partition coefficient (Wildman–Crippen LogP) is 5.09. The van der Waals surface area contributed by atoms with Crippen molar-refractivity contribution in [2.24, 2.45) is 5.41 Å². The van der Waals surface area contributed by atoms with Crippen LogP contribution in [0, 0.1) is 19.3 Å². The van der Waals surface area contributed by atoms with Crippen LogP contribution in [0.5, 0.6) is 0 Å². The Morgan fingerprint density at radius 2 is 1.63 bits per heavy atom. The fourth-order valence-electron chi connectivity index (χ4n) is 3.40. The van der Waals surface area contributed by atoms with Crippen molar-refractivity contribution in [1.29, 1.82) is 0 Å². The van der Waals surface area contributed by atoms with Crippen LogP contribution >= 0.6 is 15.9 Å². The Balaban J connectivity index is 2.12. The third-order valence-corrected chi connectivity index (χ3v) is 5.61. The summed E-state index contributed by atoms with van der Waals surface area (Å²) < 4.78 is 0. The maximum atomic E-state index is 3.77. The van der Waals surface area contributed by atoms with E-state index in [1.54, 1.807) is 0 Å². The number of aryl methyl sites for hydroxylation is 2. The van der Waals surface area contributed by atoms with E-state index in [2.05, 4.69) is 59.9 Å². The second-order valence-corrected chi connectivity index (χ2v) is 6.96. The molecule has 0 unspecified atom stereocenters. The molecule has 1 fully saturated rings. The lowest BCUT2D eigenvalue weighted by atomic mass is 9.75. The van der Waals surface area contributed by atoms with Crippen LogP contribution in [-0.4, -0.2) is 18.9 Å². The van der Waals surface area contributed by atoms with E-state index in [1.807, 2.05) is 0 Å². The third-order valence-electron chi connectivity index (χ3n) is 4.42. The largest absolute Gasteiger partial charge is 0.374 e. The summed E-state index contributed by atoms with van der Waals surface area (Å²) in [5.41, 5.74) is 4.56. The Labute approximate surface area is 126 Å². The number of anilines is 1. The van der Waals surface area contributed by atoms with Gasteiger partial charge in [-0.05, 0) is 55.4 Å². The van der Waals surface area contributed by atoms with Gasteiger partial charge in [0.1, 0.15) is 0 Å². The molecule has 2 heteroatoms. The Morgan fingerprint density at radius 3 is 2.16 bits per heavy atom.